The SMILES string of the molecule is CCCn1nnnc1CN1CCC(C(=O)NCc2ccccc2)CC1. The highest BCUT2D eigenvalue weighted by atomic mass is 16.1. The van der Waals surface area contributed by atoms with Crippen molar-refractivity contribution in [2.24, 2.45) is 5.92 Å². The molecule has 1 amide bonds. The van der Waals surface area contributed by atoms with Crippen LogP contribution in [0.15, 0.2) is 30.3 Å². The van der Waals surface area contributed by atoms with Crippen molar-refractivity contribution in [1.82, 2.24) is 30.4 Å². The summed E-state index contributed by atoms with van der Waals surface area (Å²) in [5.41, 5.74) is 1.14. The second kappa shape index (κ2) is 8.71. The number of hydrogen-bond donors (Lipinski definition) is 1. The van der Waals surface area contributed by atoms with Gasteiger partial charge in [-0.2, -0.15) is 0 Å². The smallest absolute Gasteiger partial charge is 0.223 e. The number of carbonyl (C=O) groups excluding carboxylic acids is 1. The van der Waals surface area contributed by atoms with Gasteiger partial charge in [-0.25, -0.2) is 4.68 Å². The van der Waals surface area contributed by atoms with Crippen LogP contribution < -0.4 is 5.32 Å². The monoisotopic (exact) mass is 342 g/mol. The van der Waals surface area contributed by atoms with Crippen molar-refractivity contribution < 1.29 is 4.79 Å². The fourth-order valence-corrected chi connectivity index (χ4v) is 3.20. The van der Waals surface area contributed by atoms with Crippen LogP contribution in [0.4, 0.5) is 0 Å². The number of aromatic nitrogens is 4. The Morgan fingerprint density at radius 1 is 1.24 bits per heavy atom. The van der Waals surface area contributed by atoms with Crippen LogP contribution in [0.2, 0.25) is 0 Å². The first-order chi connectivity index (χ1) is 12.3. The Balaban J connectivity index is 1.43. The van der Waals surface area contributed by atoms with Crippen LogP contribution in [-0.4, -0.2) is 44.1 Å². The Morgan fingerprint density at radius 2 is 2.00 bits per heavy atom. The second-order valence-electron chi connectivity index (χ2n) is 6.57. The Labute approximate surface area is 148 Å². The van der Waals surface area contributed by atoms with Crippen LogP contribution in [0, 0.1) is 5.92 Å². The summed E-state index contributed by atoms with van der Waals surface area (Å²) in [6, 6.07) is 10.0. The zero-order valence-electron chi connectivity index (χ0n) is 14.8. The summed E-state index contributed by atoms with van der Waals surface area (Å²) in [6.45, 7) is 6.13. The number of likely N-dealkylation sites (tertiary alicyclic amines) is 1. The first-order valence-corrected chi connectivity index (χ1v) is 9.05. The van der Waals surface area contributed by atoms with Gasteiger partial charge in [0, 0.05) is 19.0 Å². The van der Waals surface area contributed by atoms with Crippen molar-refractivity contribution in [2.75, 3.05) is 13.1 Å². The molecule has 0 unspecified atom stereocenters. The Bertz CT molecular complexity index is 663. The summed E-state index contributed by atoms with van der Waals surface area (Å²) in [6.07, 6.45) is 2.79. The standard InChI is InChI=1S/C18H26N6O/c1-2-10-24-17(20-21-22-24)14-23-11-8-16(9-12-23)18(25)19-13-15-6-4-3-5-7-15/h3-7,16H,2,8-14H2,1H3,(H,19,25). The van der Waals surface area contributed by atoms with E-state index in [0.717, 1.165) is 56.8 Å². The van der Waals surface area contributed by atoms with E-state index in [-0.39, 0.29) is 11.8 Å². The van der Waals surface area contributed by atoms with Crippen LogP contribution in [0.1, 0.15) is 37.6 Å². The van der Waals surface area contributed by atoms with Gasteiger partial charge in [0.15, 0.2) is 5.82 Å². The fourth-order valence-electron chi connectivity index (χ4n) is 3.20. The molecule has 25 heavy (non-hydrogen) atoms. The van der Waals surface area contributed by atoms with Crippen molar-refractivity contribution in [3.8, 4) is 0 Å². The van der Waals surface area contributed by atoms with Gasteiger partial charge in [-0.3, -0.25) is 9.69 Å². The molecule has 1 fully saturated rings. The minimum Gasteiger partial charge on any atom is -0.352 e. The lowest BCUT2D eigenvalue weighted by Crippen LogP contribution is -2.40. The number of benzene rings is 1. The second-order valence-corrected chi connectivity index (χ2v) is 6.57. The summed E-state index contributed by atoms with van der Waals surface area (Å²) >= 11 is 0. The first kappa shape index (κ1) is 17.5. The first-order valence-electron chi connectivity index (χ1n) is 9.05. The van der Waals surface area contributed by atoms with Crippen LogP contribution in [0.3, 0.4) is 0 Å². The molecule has 0 bridgehead atoms. The third-order valence-corrected chi connectivity index (χ3v) is 4.67. The van der Waals surface area contributed by atoms with Crippen molar-refractivity contribution in [3.05, 3.63) is 41.7 Å². The summed E-state index contributed by atoms with van der Waals surface area (Å²) in [4.78, 5) is 14.7. The van der Waals surface area contributed by atoms with Crippen molar-refractivity contribution in [3.63, 3.8) is 0 Å². The van der Waals surface area contributed by atoms with Crippen LogP contribution >= 0.6 is 0 Å². The van der Waals surface area contributed by atoms with Gasteiger partial charge < -0.3 is 5.32 Å². The normalized spacial score (nSPS) is 16.0. The minimum absolute atomic E-state index is 0.103. The maximum absolute atomic E-state index is 12.4. The summed E-state index contributed by atoms with van der Waals surface area (Å²) in [5, 5.41) is 15.0. The third kappa shape index (κ3) is 4.85. The lowest BCUT2D eigenvalue weighted by Gasteiger charge is -2.30. The number of aryl methyl sites for hydroxylation is 1. The summed E-state index contributed by atoms with van der Waals surface area (Å²) < 4.78 is 1.87. The molecule has 1 aromatic carbocycles. The maximum atomic E-state index is 12.4. The van der Waals surface area contributed by atoms with E-state index in [2.05, 4.69) is 32.7 Å². The molecule has 1 saturated heterocycles. The zero-order valence-corrected chi connectivity index (χ0v) is 14.8. The molecule has 134 valence electrons. The molecule has 2 heterocycles. The van der Waals surface area contributed by atoms with Gasteiger partial charge in [0.1, 0.15) is 0 Å². The van der Waals surface area contributed by atoms with E-state index >= 15 is 0 Å². The predicted octanol–water partition coefficient (Wildman–Crippen LogP) is 1.61. The van der Waals surface area contributed by atoms with Gasteiger partial charge >= 0.3 is 0 Å². The molecule has 0 saturated carbocycles. The van der Waals surface area contributed by atoms with Gasteiger partial charge in [-0.05, 0) is 48.3 Å². The molecule has 7 heteroatoms. The lowest BCUT2D eigenvalue weighted by atomic mass is 9.96. The van der Waals surface area contributed by atoms with Gasteiger partial charge in [0.25, 0.3) is 0 Å². The van der Waals surface area contributed by atoms with E-state index in [1.807, 2.05) is 35.0 Å². The van der Waals surface area contributed by atoms with E-state index in [1.165, 1.54) is 0 Å². The highest BCUT2D eigenvalue weighted by molar-refractivity contribution is 5.78. The molecule has 0 radical (unpaired) electrons. The van der Waals surface area contributed by atoms with Gasteiger partial charge in [-0.1, -0.05) is 37.3 Å². The summed E-state index contributed by atoms with van der Waals surface area (Å²) in [7, 11) is 0. The number of carbonyl (C=O) groups is 1. The van der Waals surface area contributed by atoms with Gasteiger partial charge in [-0.15, -0.1) is 5.10 Å². The van der Waals surface area contributed by atoms with Gasteiger partial charge in [0.2, 0.25) is 5.91 Å². The average Bonchev–Trinajstić information content (AvgIpc) is 3.08. The Kier molecular flexibility index (Phi) is 6.11. The van der Waals surface area contributed by atoms with Gasteiger partial charge in [0.05, 0.1) is 6.54 Å². The molecule has 1 aliphatic rings. The molecule has 7 nitrogen and oxygen atoms in total. The molecule has 1 N–H and O–H groups in total. The topological polar surface area (TPSA) is 75.9 Å². The molecule has 2 aromatic rings. The summed E-state index contributed by atoms with van der Waals surface area (Å²) in [5.74, 6) is 1.18. The maximum Gasteiger partial charge on any atom is 0.223 e. The molecule has 0 aliphatic carbocycles. The highest BCUT2D eigenvalue weighted by Gasteiger charge is 2.25. The van der Waals surface area contributed by atoms with Crippen molar-refractivity contribution in [1.29, 1.82) is 0 Å². The lowest BCUT2D eigenvalue weighted by molar-refractivity contribution is -0.126. The average molecular weight is 342 g/mol. The Hall–Kier alpha value is -2.28. The molecule has 0 atom stereocenters. The van der Waals surface area contributed by atoms with E-state index in [9.17, 15) is 4.79 Å². The third-order valence-electron chi connectivity index (χ3n) is 4.67. The molecule has 1 aromatic heterocycles. The highest BCUT2D eigenvalue weighted by Crippen LogP contribution is 2.19. The minimum atomic E-state index is 0.103. The van der Waals surface area contributed by atoms with Crippen molar-refractivity contribution in [2.45, 2.75) is 45.8 Å². The van der Waals surface area contributed by atoms with Crippen LogP contribution in [0.25, 0.3) is 0 Å². The largest absolute Gasteiger partial charge is 0.352 e. The van der Waals surface area contributed by atoms with E-state index in [4.69, 9.17) is 0 Å². The Morgan fingerprint density at radius 3 is 2.72 bits per heavy atom. The number of tetrazole rings is 1. The molecule has 3 rings (SSSR count). The van der Waals surface area contributed by atoms with E-state index in [0.29, 0.717) is 6.54 Å². The zero-order chi connectivity index (χ0) is 17.5. The van der Waals surface area contributed by atoms with Crippen LogP contribution in [-0.2, 0) is 24.4 Å². The predicted molar refractivity (Wildman–Crippen MR) is 94.4 cm³/mol. The fraction of sp³-hybridized carbons (Fsp3) is 0.556. The number of nitrogens with one attached hydrogen (secondary N) is 1. The molecular formula is C18H26N6O. The van der Waals surface area contributed by atoms with Crippen molar-refractivity contribution >= 4 is 5.91 Å². The quantitative estimate of drug-likeness (QED) is 0.827. The number of hydrogen-bond acceptors (Lipinski definition) is 5. The number of nitrogens with zero attached hydrogens (tertiary/aromatic N) is 5. The van der Waals surface area contributed by atoms with E-state index < -0.39 is 0 Å². The number of piperidine rings is 1. The van der Waals surface area contributed by atoms with Crippen LogP contribution in [0.5, 0.6) is 0 Å². The molecule has 0 spiro atoms. The molecule has 1 aliphatic heterocycles. The molecular weight excluding hydrogens is 316 g/mol. The number of rotatable bonds is 7. The number of amides is 1. The van der Waals surface area contributed by atoms with E-state index in [1.54, 1.807) is 0 Å².